The standard InChI is InChI=1S/C27H28N4O5S/c1-17-18(2)36-29-24(17)30-37(33,34)23-15-19(25-28-12-14-35-25)9-10-22(23)21-8-6-5-7-20(21)16-31-13-11-27(3,4)26(31)32/h5-10,12,14-15H,11,13,16H2,1-4H3,(H,29,30). The van der Waals surface area contributed by atoms with Crippen LogP contribution in [0.25, 0.3) is 22.6 Å². The number of amides is 1. The van der Waals surface area contributed by atoms with Gasteiger partial charge in [-0.15, -0.1) is 0 Å². The van der Waals surface area contributed by atoms with Gasteiger partial charge in [0.25, 0.3) is 10.0 Å². The van der Waals surface area contributed by atoms with Gasteiger partial charge in [0.15, 0.2) is 5.82 Å². The highest BCUT2D eigenvalue weighted by Crippen LogP contribution is 2.37. The summed E-state index contributed by atoms with van der Waals surface area (Å²) < 4.78 is 40.7. The Bertz CT molecular complexity index is 1570. The van der Waals surface area contributed by atoms with Gasteiger partial charge in [-0.3, -0.25) is 9.52 Å². The topological polar surface area (TPSA) is 119 Å². The Balaban J connectivity index is 1.61. The summed E-state index contributed by atoms with van der Waals surface area (Å²) in [6.07, 6.45) is 3.71. The van der Waals surface area contributed by atoms with Crippen molar-refractivity contribution in [2.75, 3.05) is 11.3 Å². The van der Waals surface area contributed by atoms with E-state index < -0.39 is 15.4 Å². The van der Waals surface area contributed by atoms with Gasteiger partial charge in [-0.05, 0) is 43.5 Å². The van der Waals surface area contributed by atoms with Crippen molar-refractivity contribution >= 4 is 21.7 Å². The smallest absolute Gasteiger partial charge is 0.263 e. The van der Waals surface area contributed by atoms with E-state index in [-0.39, 0.29) is 16.6 Å². The van der Waals surface area contributed by atoms with Gasteiger partial charge in [-0.25, -0.2) is 13.4 Å². The minimum absolute atomic E-state index is 0.0313. The number of hydrogen-bond donors (Lipinski definition) is 1. The molecule has 3 heterocycles. The normalized spacial score (nSPS) is 15.4. The van der Waals surface area contributed by atoms with Gasteiger partial charge in [0.05, 0.1) is 11.1 Å². The molecule has 1 aliphatic rings. The zero-order valence-corrected chi connectivity index (χ0v) is 21.9. The van der Waals surface area contributed by atoms with Gasteiger partial charge in [-0.1, -0.05) is 49.3 Å². The minimum atomic E-state index is -4.11. The molecular weight excluding hydrogens is 492 g/mol. The number of anilines is 1. The third-order valence-corrected chi connectivity index (χ3v) is 8.26. The number of benzene rings is 2. The average Bonchev–Trinajstić information content (AvgIpc) is 3.58. The zero-order valence-electron chi connectivity index (χ0n) is 21.1. The van der Waals surface area contributed by atoms with E-state index in [0.29, 0.717) is 47.0 Å². The first-order valence-corrected chi connectivity index (χ1v) is 13.4. The van der Waals surface area contributed by atoms with Crippen LogP contribution in [0.4, 0.5) is 5.82 Å². The molecule has 4 aromatic rings. The molecule has 2 aromatic carbocycles. The Morgan fingerprint density at radius 3 is 2.54 bits per heavy atom. The Labute approximate surface area is 215 Å². The number of hydrogen-bond acceptors (Lipinski definition) is 7. The number of aryl methyl sites for hydroxylation is 1. The van der Waals surface area contributed by atoms with Crippen molar-refractivity contribution in [3.63, 3.8) is 0 Å². The lowest BCUT2D eigenvalue weighted by Gasteiger charge is -2.22. The molecular formula is C27H28N4O5S. The largest absolute Gasteiger partial charge is 0.445 e. The van der Waals surface area contributed by atoms with Crippen LogP contribution in [0.15, 0.2) is 68.8 Å². The molecule has 1 N–H and O–H groups in total. The molecule has 10 heteroatoms. The predicted octanol–water partition coefficient (Wildman–Crippen LogP) is 5.17. The maximum atomic E-state index is 13.8. The van der Waals surface area contributed by atoms with Crippen LogP contribution in [0, 0.1) is 19.3 Å². The fourth-order valence-electron chi connectivity index (χ4n) is 4.49. The van der Waals surface area contributed by atoms with Crippen LogP contribution in [0.1, 0.15) is 37.2 Å². The van der Waals surface area contributed by atoms with Crippen molar-refractivity contribution in [2.45, 2.75) is 45.6 Å². The quantitative estimate of drug-likeness (QED) is 0.357. The van der Waals surface area contributed by atoms with E-state index in [4.69, 9.17) is 8.94 Å². The minimum Gasteiger partial charge on any atom is -0.445 e. The summed E-state index contributed by atoms with van der Waals surface area (Å²) in [5.41, 5.74) is 2.76. The van der Waals surface area contributed by atoms with Crippen LogP contribution < -0.4 is 4.72 Å². The number of rotatable bonds is 7. The summed E-state index contributed by atoms with van der Waals surface area (Å²) in [5, 5.41) is 3.87. The molecule has 37 heavy (non-hydrogen) atoms. The molecule has 0 aliphatic carbocycles. The first-order valence-electron chi connectivity index (χ1n) is 11.9. The van der Waals surface area contributed by atoms with E-state index in [0.717, 1.165) is 12.0 Å². The Morgan fingerprint density at radius 1 is 1.11 bits per heavy atom. The van der Waals surface area contributed by atoms with Crippen molar-refractivity contribution in [1.29, 1.82) is 0 Å². The van der Waals surface area contributed by atoms with Gasteiger partial charge >= 0.3 is 0 Å². The number of nitrogens with zero attached hydrogens (tertiary/aromatic N) is 3. The molecule has 0 radical (unpaired) electrons. The molecule has 1 saturated heterocycles. The molecule has 1 fully saturated rings. The summed E-state index contributed by atoms with van der Waals surface area (Å²) in [6.45, 7) is 8.39. The van der Waals surface area contributed by atoms with Crippen molar-refractivity contribution in [3.05, 3.63) is 71.8 Å². The molecule has 1 aliphatic heterocycles. The SMILES string of the molecule is Cc1onc(NS(=O)(=O)c2cc(-c3ncco3)ccc2-c2ccccc2CN2CCC(C)(C)C2=O)c1C. The first kappa shape index (κ1) is 24.8. The van der Waals surface area contributed by atoms with E-state index in [1.54, 1.807) is 26.0 Å². The summed E-state index contributed by atoms with van der Waals surface area (Å²) >= 11 is 0. The number of oxazole rings is 1. The predicted molar refractivity (Wildman–Crippen MR) is 138 cm³/mol. The number of likely N-dealkylation sites (tertiary alicyclic amines) is 1. The highest BCUT2D eigenvalue weighted by atomic mass is 32.2. The molecule has 2 aromatic heterocycles. The second-order valence-corrected chi connectivity index (χ2v) is 11.5. The average molecular weight is 521 g/mol. The molecule has 192 valence electrons. The van der Waals surface area contributed by atoms with Crippen LogP contribution in [-0.2, 0) is 21.4 Å². The van der Waals surface area contributed by atoms with Crippen molar-refractivity contribution in [2.24, 2.45) is 5.41 Å². The van der Waals surface area contributed by atoms with Crippen molar-refractivity contribution in [1.82, 2.24) is 15.0 Å². The number of sulfonamides is 1. The number of nitrogens with one attached hydrogen (secondary N) is 1. The van der Waals surface area contributed by atoms with Crippen molar-refractivity contribution < 1.29 is 22.2 Å². The van der Waals surface area contributed by atoms with Gasteiger partial charge in [-0.2, -0.15) is 0 Å². The van der Waals surface area contributed by atoms with E-state index in [9.17, 15) is 13.2 Å². The van der Waals surface area contributed by atoms with Gasteiger partial charge in [0, 0.05) is 35.2 Å². The van der Waals surface area contributed by atoms with E-state index in [1.807, 2.05) is 43.0 Å². The lowest BCUT2D eigenvalue weighted by atomic mass is 9.92. The van der Waals surface area contributed by atoms with E-state index in [2.05, 4.69) is 14.9 Å². The Hall–Kier alpha value is -3.92. The third-order valence-electron chi connectivity index (χ3n) is 6.88. The Kier molecular flexibility index (Phi) is 6.15. The molecule has 1 amide bonds. The van der Waals surface area contributed by atoms with Crippen LogP contribution in [-0.4, -0.2) is 35.9 Å². The van der Waals surface area contributed by atoms with E-state index >= 15 is 0 Å². The maximum Gasteiger partial charge on any atom is 0.263 e. The summed E-state index contributed by atoms with van der Waals surface area (Å²) in [4.78, 5) is 18.9. The summed E-state index contributed by atoms with van der Waals surface area (Å²) in [7, 11) is -4.11. The molecule has 0 bridgehead atoms. The maximum absolute atomic E-state index is 13.8. The fraction of sp³-hybridized carbons (Fsp3) is 0.296. The third kappa shape index (κ3) is 4.64. The molecule has 0 unspecified atom stereocenters. The second-order valence-electron chi connectivity index (χ2n) is 9.88. The van der Waals surface area contributed by atoms with Gasteiger partial charge < -0.3 is 13.8 Å². The van der Waals surface area contributed by atoms with Crippen LogP contribution in [0.2, 0.25) is 0 Å². The van der Waals surface area contributed by atoms with Gasteiger partial charge in [0.2, 0.25) is 11.8 Å². The van der Waals surface area contributed by atoms with E-state index in [1.165, 1.54) is 18.5 Å². The lowest BCUT2D eigenvalue weighted by Crippen LogP contribution is -2.30. The molecule has 0 atom stereocenters. The fourth-order valence-corrected chi connectivity index (χ4v) is 5.79. The molecule has 0 spiro atoms. The van der Waals surface area contributed by atoms with Gasteiger partial charge in [0.1, 0.15) is 12.0 Å². The highest BCUT2D eigenvalue weighted by Gasteiger charge is 2.38. The molecule has 5 rings (SSSR count). The zero-order chi connectivity index (χ0) is 26.4. The number of carbonyl (C=O) groups excluding carboxylic acids is 1. The van der Waals surface area contributed by atoms with Crippen LogP contribution in [0.5, 0.6) is 0 Å². The first-order chi connectivity index (χ1) is 17.6. The number of aromatic nitrogens is 2. The van der Waals surface area contributed by atoms with Crippen molar-refractivity contribution in [3.8, 4) is 22.6 Å². The highest BCUT2D eigenvalue weighted by molar-refractivity contribution is 7.92. The molecule has 9 nitrogen and oxygen atoms in total. The monoisotopic (exact) mass is 520 g/mol. The van der Waals surface area contributed by atoms with Crippen LogP contribution in [0.3, 0.4) is 0 Å². The lowest BCUT2D eigenvalue weighted by molar-refractivity contribution is -0.135. The molecule has 0 saturated carbocycles. The summed E-state index contributed by atoms with van der Waals surface area (Å²) in [5.74, 6) is 1.04. The summed E-state index contributed by atoms with van der Waals surface area (Å²) in [6, 6.07) is 12.6. The van der Waals surface area contributed by atoms with Crippen LogP contribution >= 0.6 is 0 Å². The Morgan fingerprint density at radius 2 is 1.89 bits per heavy atom. The number of carbonyl (C=O) groups is 1. The second kappa shape index (κ2) is 9.19.